The van der Waals surface area contributed by atoms with Crippen LogP contribution in [-0.2, 0) is 0 Å². The molecule has 1 aliphatic heterocycles. The van der Waals surface area contributed by atoms with Gasteiger partial charge in [-0.1, -0.05) is 6.07 Å². The zero-order valence-electron chi connectivity index (χ0n) is 16.0. The van der Waals surface area contributed by atoms with Crippen molar-refractivity contribution in [3.63, 3.8) is 0 Å². The summed E-state index contributed by atoms with van der Waals surface area (Å²) >= 11 is 0. The van der Waals surface area contributed by atoms with Gasteiger partial charge in [0.25, 0.3) is 11.8 Å². The van der Waals surface area contributed by atoms with Crippen LogP contribution in [0.15, 0.2) is 41.0 Å². The van der Waals surface area contributed by atoms with Gasteiger partial charge in [0, 0.05) is 37.4 Å². The Kier molecular flexibility index (Phi) is 5.98. The molecule has 148 valence electrons. The largest absolute Gasteiger partial charge is 0.459 e. The Morgan fingerprint density at radius 3 is 2.75 bits per heavy atom. The van der Waals surface area contributed by atoms with Crippen LogP contribution in [0.1, 0.15) is 39.3 Å². The molecule has 1 saturated heterocycles. The number of nitrogens with zero attached hydrogens (tertiary/aromatic N) is 1. The first kappa shape index (κ1) is 19.5. The van der Waals surface area contributed by atoms with Crippen LogP contribution in [0.2, 0.25) is 0 Å². The molecular weight excluding hydrogens is 360 g/mol. The van der Waals surface area contributed by atoms with Crippen molar-refractivity contribution >= 4 is 23.5 Å². The highest BCUT2D eigenvalue weighted by atomic mass is 16.3. The molecule has 0 bridgehead atoms. The molecule has 2 aromatic rings. The molecular formula is C20H24N4O4. The summed E-state index contributed by atoms with van der Waals surface area (Å²) in [7, 11) is 1.56. The Labute approximate surface area is 163 Å². The molecule has 1 aromatic heterocycles. The number of rotatable bonds is 4. The molecule has 0 spiro atoms. The highest BCUT2D eigenvalue weighted by Crippen LogP contribution is 2.18. The smallest absolute Gasteiger partial charge is 0.319 e. The molecule has 1 unspecified atom stereocenters. The van der Waals surface area contributed by atoms with Crippen molar-refractivity contribution in [2.24, 2.45) is 0 Å². The first-order chi connectivity index (χ1) is 13.5. The summed E-state index contributed by atoms with van der Waals surface area (Å²) in [5, 5.41) is 8.27. The van der Waals surface area contributed by atoms with Gasteiger partial charge in [0.15, 0.2) is 5.76 Å². The second-order valence-corrected chi connectivity index (χ2v) is 6.77. The molecule has 8 nitrogen and oxygen atoms in total. The minimum Gasteiger partial charge on any atom is -0.459 e. The SMILES string of the molecule is CNC(=O)c1ccc(C)c(NC(=O)NC2CCCN(C(=O)c3ccco3)C2)c1. The van der Waals surface area contributed by atoms with Gasteiger partial charge in [-0.15, -0.1) is 0 Å². The van der Waals surface area contributed by atoms with E-state index in [-0.39, 0.29) is 23.9 Å². The summed E-state index contributed by atoms with van der Waals surface area (Å²) in [6.45, 7) is 2.91. The van der Waals surface area contributed by atoms with Gasteiger partial charge in [0.1, 0.15) is 0 Å². The highest BCUT2D eigenvalue weighted by molar-refractivity contribution is 5.97. The molecule has 3 rings (SSSR count). The van der Waals surface area contributed by atoms with Crippen molar-refractivity contribution in [2.75, 3.05) is 25.5 Å². The van der Waals surface area contributed by atoms with Crippen molar-refractivity contribution < 1.29 is 18.8 Å². The number of urea groups is 1. The lowest BCUT2D eigenvalue weighted by Gasteiger charge is -2.32. The second kappa shape index (κ2) is 8.60. The van der Waals surface area contributed by atoms with Crippen molar-refractivity contribution in [1.29, 1.82) is 0 Å². The first-order valence-corrected chi connectivity index (χ1v) is 9.21. The summed E-state index contributed by atoms with van der Waals surface area (Å²) in [6.07, 6.45) is 3.05. The van der Waals surface area contributed by atoms with Gasteiger partial charge in [-0.05, 0) is 49.6 Å². The standard InChI is InChI=1S/C20H24N4O4/c1-13-7-8-14(18(25)21-2)11-16(13)23-20(27)22-15-5-3-9-24(12-15)19(26)17-6-4-10-28-17/h4,6-8,10-11,15H,3,5,9,12H2,1-2H3,(H,21,25)(H2,22,23,27). The Morgan fingerprint density at radius 2 is 2.04 bits per heavy atom. The number of carbonyl (C=O) groups is 3. The number of benzene rings is 1. The van der Waals surface area contributed by atoms with E-state index >= 15 is 0 Å². The fourth-order valence-electron chi connectivity index (χ4n) is 3.22. The van der Waals surface area contributed by atoms with Crippen LogP contribution in [0.25, 0.3) is 0 Å². The molecule has 4 amide bonds. The van der Waals surface area contributed by atoms with E-state index in [1.807, 2.05) is 6.92 Å². The lowest BCUT2D eigenvalue weighted by atomic mass is 10.1. The summed E-state index contributed by atoms with van der Waals surface area (Å²) in [5.41, 5.74) is 1.88. The van der Waals surface area contributed by atoms with E-state index in [1.165, 1.54) is 6.26 Å². The van der Waals surface area contributed by atoms with Gasteiger partial charge < -0.3 is 25.3 Å². The summed E-state index contributed by atoms with van der Waals surface area (Å²) < 4.78 is 5.17. The summed E-state index contributed by atoms with van der Waals surface area (Å²) in [6, 6.07) is 7.91. The lowest BCUT2D eigenvalue weighted by molar-refractivity contribution is 0.0666. The van der Waals surface area contributed by atoms with Gasteiger partial charge in [-0.25, -0.2) is 4.79 Å². The van der Waals surface area contributed by atoms with Crippen LogP contribution in [-0.4, -0.2) is 48.9 Å². The Bertz CT molecular complexity index is 863. The molecule has 1 aromatic carbocycles. The molecule has 1 atom stereocenters. The maximum absolute atomic E-state index is 12.4. The van der Waals surface area contributed by atoms with E-state index in [4.69, 9.17) is 4.42 Å². The number of hydrogen-bond donors (Lipinski definition) is 3. The van der Waals surface area contributed by atoms with Gasteiger partial charge in [-0.2, -0.15) is 0 Å². The van der Waals surface area contributed by atoms with Crippen LogP contribution in [0, 0.1) is 6.92 Å². The van der Waals surface area contributed by atoms with Crippen LogP contribution in [0.3, 0.4) is 0 Å². The third-order valence-corrected chi connectivity index (χ3v) is 4.75. The normalized spacial score (nSPS) is 16.4. The first-order valence-electron chi connectivity index (χ1n) is 9.21. The number of aryl methyl sites for hydroxylation is 1. The fraction of sp³-hybridized carbons (Fsp3) is 0.350. The topological polar surface area (TPSA) is 104 Å². The third kappa shape index (κ3) is 4.51. The maximum atomic E-state index is 12.4. The molecule has 0 radical (unpaired) electrons. The number of piperidine rings is 1. The van der Waals surface area contributed by atoms with Gasteiger partial charge >= 0.3 is 6.03 Å². The Balaban J connectivity index is 1.60. The number of hydrogen-bond acceptors (Lipinski definition) is 4. The van der Waals surface area contributed by atoms with Gasteiger partial charge in [-0.3, -0.25) is 9.59 Å². The van der Waals surface area contributed by atoms with Crippen LogP contribution in [0.5, 0.6) is 0 Å². The molecule has 3 N–H and O–H groups in total. The predicted molar refractivity (Wildman–Crippen MR) is 104 cm³/mol. The van der Waals surface area contributed by atoms with Crippen LogP contribution < -0.4 is 16.0 Å². The fourth-order valence-corrected chi connectivity index (χ4v) is 3.22. The minimum absolute atomic E-state index is 0.157. The van der Waals surface area contributed by atoms with E-state index < -0.39 is 0 Å². The molecule has 0 aliphatic carbocycles. The molecule has 0 saturated carbocycles. The predicted octanol–water partition coefficient (Wildman–Crippen LogP) is 2.37. The monoisotopic (exact) mass is 384 g/mol. The molecule has 2 heterocycles. The maximum Gasteiger partial charge on any atom is 0.319 e. The van der Waals surface area contributed by atoms with E-state index in [9.17, 15) is 14.4 Å². The number of furan rings is 1. The van der Waals surface area contributed by atoms with Crippen molar-refractivity contribution in [3.8, 4) is 0 Å². The second-order valence-electron chi connectivity index (χ2n) is 6.77. The van der Waals surface area contributed by atoms with Crippen molar-refractivity contribution in [2.45, 2.75) is 25.8 Å². The molecule has 1 fully saturated rings. The van der Waals surface area contributed by atoms with E-state index in [0.29, 0.717) is 30.1 Å². The Hall–Kier alpha value is -3.29. The third-order valence-electron chi connectivity index (χ3n) is 4.75. The number of amides is 4. The number of anilines is 1. The zero-order valence-corrected chi connectivity index (χ0v) is 16.0. The average molecular weight is 384 g/mol. The molecule has 8 heteroatoms. The van der Waals surface area contributed by atoms with Crippen molar-refractivity contribution in [1.82, 2.24) is 15.5 Å². The minimum atomic E-state index is -0.366. The Morgan fingerprint density at radius 1 is 1.21 bits per heavy atom. The quantitative estimate of drug-likeness (QED) is 0.753. The number of nitrogens with one attached hydrogen (secondary N) is 3. The summed E-state index contributed by atoms with van der Waals surface area (Å²) in [5.74, 6) is -0.0967. The zero-order chi connectivity index (χ0) is 20.1. The number of likely N-dealkylation sites (tertiary alicyclic amines) is 1. The van der Waals surface area contributed by atoms with E-state index in [1.54, 1.807) is 42.3 Å². The van der Waals surface area contributed by atoms with E-state index in [2.05, 4.69) is 16.0 Å². The number of carbonyl (C=O) groups excluding carboxylic acids is 3. The van der Waals surface area contributed by atoms with Crippen LogP contribution >= 0.6 is 0 Å². The summed E-state index contributed by atoms with van der Waals surface area (Å²) in [4.78, 5) is 38.3. The van der Waals surface area contributed by atoms with Crippen molar-refractivity contribution in [3.05, 3.63) is 53.5 Å². The highest BCUT2D eigenvalue weighted by Gasteiger charge is 2.26. The molecule has 28 heavy (non-hydrogen) atoms. The lowest BCUT2D eigenvalue weighted by Crippen LogP contribution is -2.50. The van der Waals surface area contributed by atoms with Crippen LogP contribution in [0.4, 0.5) is 10.5 Å². The average Bonchev–Trinajstić information content (AvgIpc) is 3.23. The van der Waals surface area contributed by atoms with E-state index in [0.717, 1.165) is 18.4 Å². The van der Waals surface area contributed by atoms with Gasteiger partial charge in [0.05, 0.1) is 6.26 Å². The van der Waals surface area contributed by atoms with Gasteiger partial charge in [0.2, 0.25) is 0 Å². The molecule has 1 aliphatic rings.